The molecule has 0 aliphatic carbocycles. The maximum atomic E-state index is 12.4. The van der Waals surface area contributed by atoms with Gasteiger partial charge in [0.15, 0.2) is 5.76 Å². The molecule has 0 radical (unpaired) electrons. The van der Waals surface area contributed by atoms with Gasteiger partial charge in [-0.1, -0.05) is 0 Å². The fourth-order valence-electron chi connectivity index (χ4n) is 2.26. The van der Waals surface area contributed by atoms with Crippen molar-refractivity contribution in [2.45, 2.75) is 18.1 Å². The molecular formula is C13H14N2O4S2. The average Bonchev–Trinajstić information content (AvgIpc) is 3.14. The number of sulfonamides is 1. The molecule has 3 heterocycles. The predicted octanol–water partition coefficient (Wildman–Crippen LogP) is 1.45. The first-order valence-corrected chi connectivity index (χ1v) is 8.75. The molecule has 1 aliphatic heterocycles. The standard InChI is InChI=1S/C13H14N2O4S2/c1-14-21(17,18)12-3-2-10(19-12)13(16)15-6-4-11-9(8-15)5-7-20-11/h2-3,5,7,14H,4,6,8H2,1H3. The molecule has 1 N–H and O–H groups in total. The third-order valence-electron chi connectivity index (χ3n) is 3.42. The smallest absolute Gasteiger partial charge is 0.289 e. The molecule has 112 valence electrons. The molecule has 0 atom stereocenters. The topological polar surface area (TPSA) is 79.6 Å². The van der Waals surface area contributed by atoms with Crippen molar-refractivity contribution in [3.05, 3.63) is 39.8 Å². The molecule has 0 fully saturated rings. The summed E-state index contributed by atoms with van der Waals surface area (Å²) in [5.41, 5.74) is 1.15. The zero-order valence-corrected chi connectivity index (χ0v) is 13.0. The summed E-state index contributed by atoms with van der Waals surface area (Å²) >= 11 is 1.70. The molecule has 0 spiro atoms. The summed E-state index contributed by atoms with van der Waals surface area (Å²) in [6.45, 7) is 1.15. The Kier molecular flexibility index (Phi) is 3.60. The third-order valence-corrected chi connectivity index (χ3v) is 5.73. The highest BCUT2D eigenvalue weighted by molar-refractivity contribution is 7.89. The Morgan fingerprint density at radius 1 is 1.38 bits per heavy atom. The minimum Gasteiger partial charge on any atom is -0.438 e. The lowest BCUT2D eigenvalue weighted by Gasteiger charge is -2.26. The van der Waals surface area contributed by atoms with E-state index in [0.29, 0.717) is 13.1 Å². The SMILES string of the molecule is CNS(=O)(=O)c1ccc(C(=O)N2CCc3sccc3C2)o1. The Morgan fingerprint density at radius 3 is 2.95 bits per heavy atom. The number of carbonyl (C=O) groups excluding carboxylic acids is 1. The molecule has 6 nitrogen and oxygen atoms in total. The molecule has 2 aromatic rings. The van der Waals surface area contributed by atoms with E-state index in [1.54, 1.807) is 16.2 Å². The van der Waals surface area contributed by atoms with Crippen LogP contribution in [0.4, 0.5) is 0 Å². The normalized spacial score (nSPS) is 15.0. The van der Waals surface area contributed by atoms with Crippen molar-refractivity contribution in [3.8, 4) is 0 Å². The van der Waals surface area contributed by atoms with Gasteiger partial charge in [-0.15, -0.1) is 11.3 Å². The number of nitrogens with zero attached hydrogens (tertiary/aromatic N) is 1. The van der Waals surface area contributed by atoms with Crippen LogP contribution in [0.3, 0.4) is 0 Å². The van der Waals surface area contributed by atoms with Gasteiger partial charge in [0.2, 0.25) is 5.09 Å². The molecule has 8 heteroatoms. The highest BCUT2D eigenvalue weighted by Crippen LogP contribution is 2.25. The second-order valence-corrected chi connectivity index (χ2v) is 7.49. The molecule has 0 bridgehead atoms. The summed E-state index contributed by atoms with van der Waals surface area (Å²) in [7, 11) is -2.37. The Labute approximate surface area is 126 Å². The molecule has 21 heavy (non-hydrogen) atoms. The zero-order valence-electron chi connectivity index (χ0n) is 11.3. The maximum Gasteiger partial charge on any atom is 0.289 e. The monoisotopic (exact) mass is 326 g/mol. The van der Waals surface area contributed by atoms with Gasteiger partial charge >= 0.3 is 0 Å². The highest BCUT2D eigenvalue weighted by Gasteiger charge is 2.26. The first-order chi connectivity index (χ1) is 10.0. The van der Waals surface area contributed by atoms with Gasteiger partial charge in [0.25, 0.3) is 15.9 Å². The van der Waals surface area contributed by atoms with E-state index < -0.39 is 10.0 Å². The van der Waals surface area contributed by atoms with Crippen LogP contribution in [0.25, 0.3) is 0 Å². The molecule has 0 aromatic carbocycles. The number of furan rings is 1. The van der Waals surface area contributed by atoms with Gasteiger partial charge in [-0.2, -0.15) is 0 Å². The summed E-state index contributed by atoms with van der Waals surface area (Å²) in [5, 5.41) is 1.77. The lowest BCUT2D eigenvalue weighted by Crippen LogP contribution is -2.35. The number of amides is 1. The summed E-state index contributed by atoms with van der Waals surface area (Å²) < 4.78 is 30.6. The van der Waals surface area contributed by atoms with Gasteiger partial charge in [0.05, 0.1) is 0 Å². The van der Waals surface area contributed by atoms with Crippen LogP contribution in [-0.2, 0) is 23.0 Å². The maximum absolute atomic E-state index is 12.4. The third kappa shape index (κ3) is 2.61. The van der Waals surface area contributed by atoms with E-state index >= 15 is 0 Å². The van der Waals surface area contributed by atoms with E-state index in [1.807, 2.05) is 11.4 Å². The van der Waals surface area contributed by atoms with Gasteiger partial charge in [0.1, 0.15) is 0 Å². The minimum atomic E-state index is -3.67. The number of fused-ring (bicyclic) bond motifs is 1. The minimum absolute atomic E-state index is 0.0440. The van der Waals surface area contributed by atoms with E-state index in [0.717, 1.165) is 12.0 Å². The van der Waals surface area contributed by atoms with Crippen LogP contribution in [0.2, 0.25) is 0 Å². The van der Waals surface area contributed by atoms with Crippen molar-refractivity contribution < 1.29 is 17.6 Å². The van der Waals surface area contributed by atoms with Crippen molar-refractivity contribution in [1.82, 2.24) is 9.62 Å². The van der Waals surface area contributed by atoms with Crippen LogP contribution in [0.1, 0.15) is 21.0 Å². The largest absolute Gasteiger partial charge is 0.438 e. The van der Waals surface area contributed by atoms with Crippen LogP contribution in [-0.4, -0.2) is 32.8 Å². The van der Waals surface area contributed by atoms with Crippen LogP contribution >= 0.6 is 11.3 Å². The lowest BCUT2D eigenvalue weighted by atomic mass is 10.1. The number of hydrogen-bond acceptors (Lipinski definition) is 5. The summed E-state index contributed by atoms with van der Waals surface area (Å²) in [6, 6.07) is 4.70. The fourth-order valence-corrected chi connectivity index (χ4v) is 3.80. The van der Waals surface area contributed by atoms with Gasteiger partial charge < -0.3 is 9.32 Å². The van der Waals surface area contributed by atoms with Gasteiger partial charge in [-0.3, -0.25) is 4.79 Å². The molecule has 0 saturated carbocycles. The zero-order chi connectivity index (χ0) is 15.0. The highest BCUT2D eigenvalue weighted by atomic mass is 32.2. The van der Waals surface area contributed by atoms with E-state index in [9.17, 15) is 13.2 Å². The van der Waals surface area contributed by atoms with E-state index in [2.05, 4.69) is 4.72 Å². The van der Waals surface area contributed by atoms with Crippen LogP contribution in [0.15, 0.2) is 33.1 Å². The molecule has 2 aromatic heterocycles. The van der Waals surface area contributed by atoms with Crippen LogP contribution in [0.5, 0.6) is 0 Å². The summed E-state index contributed by atoms with van der Waals surface area (Å²) in [4.78, 5) is 15.4. The Hall–Kier alpha value is -1.64. The fraction of sp³-hybridized carbons (Fsp3) is 0.308. The molecule has 0 saturated heterocycles. The number of rotatable bonds is 3. The van der Waals surface area contributed by atoms with Gasteiger partial charge in [-0.05, 0) is 42.6 Å². The molecule has 3 rings (SSSR count). The summed E-state index contributed by atoms with van der Waals surface area (Å²) in [6.07, 6.45) is 0.821. The molecular weight excluding hydrogens is 312 g/mol. The van der Waals surface area contributed by atoms with Crippen molar-refractivity contribution in [1.29, 1.82) is 0 Å². The Bertz CT molecular complexity index is 776. The van der Waals surface area contributed by atoms with Crippen molar-refractivity contribution in [2.24, 2.45) is 0 Å². The van der Waals surface area contributed by atoms with Crippen molar-refractivity contribution in [2.75, 3.05) is 13.6 Å². The first-order valence-electron chi connectivity index (χ1n) is 6.39. The van der Waals surface area contributed by atoms with E-state index in [-0.39, 0.29) is 16.8 Å². The molecule has 1 aliphatic rings. The Balaban J connectivity index is 1.81. The first kappa shape index (κ1) is 14.3. The second-order valence-electron chi connectivity index (χ2n) is 4.67. The quantitative estimate of drug-likeness (QED) is 0.926. The Morgan fingerprint density at radius 2 is 2.19 bits per heavy atom. The van der Waals surface area contributed by atoms with Crippen molar-refractivity contribution >= 4 is 27.3 Å². The number of carbonyl (C=O) groups is 1. The summed E-state index contributed by atoms with van der Waals surface area (Å²) in [5.74, 6) is -0.244. The molecule has 1 amide bonds. The molecule has 0 unspecified atom stereocenters. The van der Waals surface area contributed by atoms with E-state index in [1.165, 1.54) is 24.1 Å². The number of thiophene rings is 1. The van der Waals surface area contributed by atoms with Gasteiger partial charge in [-0.25, -0.2) is 13.1 Å². The van der Waals surface area contributed by atoms with E-state index in [4.69, 9.17) is 4.42 Å². The van der Waals surface area contributed by atoms with Crippen molar-refractivity contribution in [3.63, 3.8) is 0 Å². The predicted molar refractivity (Wildman–Crippen MR) is 77.7 cm³/mol. The number of nitrogens with one attached hydrogen (secondary N) is 1. The number of hydrogen-bond donors (Lipinski definition) is 1. The van der Waals surface area contributed by atoms with Gasteiger partial charge in [0, 0.05) is 18.0 Å². The second kappa shape index (κ2) is 5.28. The van der Waals surface area contributed by atoms with Crippen LogP contribution < -0.4 is 4.72 Å². The average molecular weight is 326 g/mol. The van der Waals surface area contributed by atoms with Crippen LogP contribution in [0, 0.1) is 0 Å². The lowest BCUT2D eigenvalue weighted by molar-refractivity contribution is 0.0697.